The van der Waals surface area contributed by atoms with Crippen molar-refractivity contribution in [1.29, 1.82) is 0 Å². The van der Waals surface area contributed by atoms with Crippen molar-refractivity contribution in [3.8, 4) is 0 Å². The molecule has 0 aliphatic heterocycles. The van der Waals surface area contributed by atoms with Gasteiger partial charge in [-0.2, -0.15) is 29.4 Å². The van der Waals surface area contributed by atoms with Crippen molar-refractivity contribution in [2.75, 3.05) is 0 Å². The molecule has 0 fully saturated rings. The highest BCUT2D eigenvalue weighted by atomic mass is 31.2. The summed E-state index contributed by atoms with van der Waals surface area (Å²) in [5.41, 5.74) is -3.16. The van der Waals surface area contributed by atoms with Crippen LogP contribution < -0.4 is 0 Å². The molecule has 1 aromatic carbocycles. The number of benzene rings is 1. The molecule has 0 aliphatic carbocycles. The molecular formula is C8H10O8P2+2. The Morgan fingerprint density at radius 3 is 1.06 bits per heavy atom. The molecule has 18 heavy (non-hydrogen) atoms. The van der Waals surface area contributed by atoms with Crippen LogP contribution in [-0.2, 0) is 0 Å². The molecule has 6 N–H and O–H groups in total. The first kappa shape index (κ1) is 15.2. The minimum absolute atomic E-state index is 0.273. The van der Waals surface area contributed by atoms with Gasteiger partial charge in [-0.15, -0.1) is 0 Å². The van der Waals surface area contributed by atoms with Gasteiger partial charge in [-0.05, 0) is 24.3 Å². The molecule has 0 unspecified atom stereocenters. The van der Waals surface area contributed by atoms with E-state index in [1.165, 1.54) is 0 Å². The third kappa shape index (κ3) is 3.58. The van der Waals surface area contributed by atoms with Crippen LogP contribution in [0, 0.1) is 0 Å². The van der Waals surface area contributed by atoms with E-state index in [2.05, 4.69) is 0 Å². The fraction of sp³-hybridized carbons (Fsp3) is 0. The zero-order valence-corrected chi connectivity index (χ0v) is 10.5. The van der Waals surface area contributed by atoms with Crippen LogP contribution in [0.2, 0.25) is 0 Å². The summed E-state index contributed by atoms with van der Waals surface area (Å²) in [6, 6.07) is 3.90. The molecule has 8 nitrogen and oxygen atoms in total. The maximum absolute atomic E-state index is 11.2. The summed E-state index contributed by atoms with van der Waals surface area (Å²) >= 11 is 0. The van der Waals surface area contributed by atoms with E-state index in [0.717, 1.165) is 24.3 Å². The van der Waals surface area contributed by atoms with Crippen molar-refractivity contribution in [1.82, 2.24) is 0 Å². The summed E-state index contributed by atoms with van der Waals surface area (Å²) < 4.78 is 0. The zero-order chi connectivity index (χ0) is 14.1. The van der Waals surface area contributed by atoms with E-state index in [1.54, 1.807) is 0 Å². The van der Waals surface area contributed by atoms with Gasteiger partial charge in [0.2, 0.25) is 0 Å². The fourth-order valence-electron chi connectivity index (χ4n) is 1.10. The molecule has 1 rings (SSSR count). The maximum atomic E-state index is 11.2. The lowest BCUT2D eigenvalue weighted by atomic mass is 10.2. The summed E-state index contributed by atoms with van der Waals surface area (Å²) in [7, 11) is -9.33. The molecule has 0 radical (unpaired) electrons. The van der Waals surface area contributed by atoms with Gasteiger partial charge in [0, 0.05) is 0 Å². The summed E-state index contributed by atoms with van der Waals surface area (Å²) in [5.74, 6) is 0. The first-order chi connectivity index (χ1) is 8.03. The molecule has 0 aromatic heterocycles. The molecule has 1 aromatic rings. The first-order valence-electron chi connectivity index (χ1n) is 4.38. The van der Waals surface area contributed by atoms with Crippen molar-refractivity contribution in [3.63, 3.8) is 0 Å². The van der Waals surface area contributed by atoms with Crippen molar-refractivity contribution in [2.45, 2.75) is 0 Å². The van der Waals surface area contributed by atoms with Crippen LogP contribution in [-0.4, -0.2) is 40.4 Å². The number of carbonyl (C=O) groups is 2. The van der Waals surface area contributed by atoms with Gasteiger partial charge in [-0.25, -0.2) is 9.59 Å². The lowest BCUT2D eigenvalue weighted by Gasteiger charge is -2.04. The molecule has 0 heterocycles. The van der Waals surface area contributed by atoms with Gasteiger partial charge in [-0.3, -0.25) is 0 Å². The molecule has 0 atom stereocenters. The topological polar surface area (TPSA) is 156 Å². The van der Waals surface area contributed by atoms with Gasteiger partial charge in [-0.1, -0.05) is 0 Å². The number of carbonyl (C=O) groups excluding carboxylic acids is 2. The smallest absolute Gasteiger partial charge is 0.238 e. The molecule has 0 saturated heterocycles. The van der Waals surface area contributed by atoms with Crippen LogP contribution in [0.3, 0.4) is 0 Å². The minimum Gasteiger partial charge on any atom is -0.238 e. The lowest BCUT2D eigenvalue weighted by molar-refractivity contribution is 0.101. The lowest BCUT2D eigenvalue weighted by Crippen LogP contribution is -2.08. The second kappa shape index (κ2) is 5.05. The quantitative estimate of drug-likeness (QED) is 0.404. The number of hydrogen-bond donors (Lipinski definition) is 6. The highest BCUT2D eigenvalue weighted by molar-refractivity contribution is 7.77. The molecule has 10 heteroatoms. The minimum atomic E-state index is -4.67. The predicted octanol–water partition coefficient (Wildman–Crippen LogP) is -0.554. The summed E-state index contributed by atoms with van der Waals surface area (Å²) in [6.07, 6.45) is 0. The molecular weight excluding hydrogens is 286 g/mol. The fourth-order valence-corrected chi connectivity index (χ4v) is 2.09. The molecule has 0 amide bonds. The van der Waals surface area contributed by atoms with Crippen molar-refractivity contribution >= 4 is 26.9 Å². The van der Waals surface area contributed by atoms with Gasteiger partial charge < -0.3 is 0 Å². The van der Waals surface area contributed by atoms with Gasteiger partial charge >= 0.3 is 26.9 Å². The van der Waals surface area contributed by atoms with Gasteiger partial charge in [0.15, 0.2) is 0 Å². The van der Waals surface area contributed by atoms with E-state index >= 15 is 0 Å². The van der Waals surface area contributed by atoms with Crippen molar-refractivity contribution in [2.24, 2.45) is 0 Å². The van der Waals surface area contributed by atoms with Crippen molar-refractivity contribution < 1.29 is 38.9 Å². The van der Waals surface area contributed by atoms with E-state index in [0.29, 0.717) is 0 Å². The number of rotatable bonds is 4. The van der Waals surface area contributed by atoms with Gasteiger partial charge in [0.25, 0.3) is 0 Å². The third-order valence-electron chi connectivity index (χ3n) is 1.92. The second-order valence-electron chi connectivity index (χ2n) is 3.32. The Morgan fingerprint density at radius 2 is 0.889 bits per heavy atom. The number of hydrogen-bond acceptors (Lipinski definition) is 8. The normalized spacial score (nSPS) is 12.3. The van der Waals surface area contributed by atoms with E-state index in [4.69, 9.17) is 29.4 Å². The predicted molar refractivity (Wildman–Crippen MR) is 62.3 cm³/mol. The molecule has 0 spiro atoms. The highest BCUT2D eigenvalue weighted by Gasteiger charge is 2.45. The third-order valence-corrected chi connectivity index (χ3v) is 3.53. The summed E-state index contributed by atoms with van der Waals surface area (Å²) in [5, 5.41) is 0. The van der Waals surface area contributed by atoms with Gasteiger partial charge in [0.1, 0.15) is 0 Å². The van der Waals surface area contributed by atoms with Crippen LogP contribution in [0.4, 0.5) is 0 Å². The van der Waals surface area contributed by atoms with E-state index in [-0.39, 0.29) is 11.1 Å². The van der Waals surface area contributed by atoms with Crippen LogP contribution in [0.25, 0.3) is 0 Å². The molecule has 0 saturated carbocycles. The average molecular weight is 296 g/mol. The zero-order valence-electron chi connectivity index (χ0n) is 8.70. The summed E-state index contributed by atoms with van der Waals surface area (Å²) in [4.78, 5) is 74.9. The van der Waals surface area contributed by atoms with E-state index < -0.39 is 26.9 Å². The standard InChI is InChI=1S/C8H10O8P2/c9-7(17(11,12)13)5-1-2-6(4-3-5)8(10)18(14,15)16/h1-4,11-16H/q+2. The Bertz CT molecular complexity index is 424. The molecule has 0 bridgehead atoms. The molecule has 98 valence electrons. The van der Waals surface area contributed by atoms with Crippen LogP contribution in [0.5, 0.6) is 0 Å². The van der Waals surface area contributed by atoms with Crippen LogP contribution in [0.1, 0.15) is 20.7 Å². The Hall–Kier alpha value is -0.820. The van der Waals surface area contributed by atoms with E-state index in [9.17, 15) is 9.59 Å². The van der Waals surface area contributed by atoms with Crippen molar-refractivity contribution in [3.05, 3.63) is 35.4 Å². The molecule has 0 aliphatic rings. The Labute approximate surface area is 102 Å². The van der Waals surface area contributed by atoms with Crippen LogP contribution >= 0.6 is 15.9 Å². The monoisotopic (exact) mass is 296 g/mol. The second-order valence-corrected chi connectivity index (χ2v) is 6.41. The Kier molecular flexibility index (Phi) is 4.27. The van der Waals surface area contributed by atoms with Gasteiger partial charge in [0.05, 0.1) is 11.1 Å². The Morgan fingerprint density at radius 1 is 0.667 bits per heavy atom. The largest absolute Gasteiger partial charge is 0.483 e. The highest BCUT2D eigenvalue weighted by Crippen LogP contribution is 2.49. The van der Waals surface area contributed by atoms with Crippen LogP contribution in [0.15, 0.2) is 24.3 Å². The summed E-state index contributed by atoms with van der Waals surface area (Å²) in [6.45, 7) is 0. The average Bonchev–Trinajstić information content (AvgIpc) is 2.25. The SMILES string of the molecule is O=C(c1ccc(C(=O)[P+](O)(O)O)cc1)[P+](O)(O)O. The Balaban J connectivity index is 3.01. The first-order valence-corrected chi connectivity index (χ1v) is 7.67. The maximum Gasteiger partial charge on any atom is 0.483 e. The van der Waals surface area contributed by atoms with E-state index in [1.807, 2.05) is 0 Å².